The molecule has 1 aromatic heterocycles. The first-order valence-corrected chi connectivity index (χ1v) is 6.87. The molecule has 1 N–H and O–H groups in total. The third-order valence-electron chi connectivity index (χ3n) is 3.39. The van der Waals surface area contributed by atoms with Crippen molar-refractivity contribution in [3.05, 3.63) is 52.3 Å². The highest BCUT2D eigenvalue weighted by Gasteiger charge is 2.14. The van der Waals surface area contributed by atoms with Gasteiger partial charge in [0.25, 0.3) is 0 Å². The lowest BCUT2D eigenvalue weighted by Gasteiger charge is -2.20. The second-order valence-electron chi connectivity index (χ2n) is 5.01. The SMILES string of the molecule is Cc1nn(C)cc1C(C)N[C@H](C)c1ccc(Cl)cc1. The molecule has 19 heavy (non-hydrogen) atoms. The van der Waals surface area contributed by atoms with Gasteiger partial charge in [0, 0.05) is 35.9 Å². The summed E-state index contributed by atoms with van der Waals surface area (Å²) in [5.74, 6) is 0. The zero-order valence-electron chi connectivity index (χ0n) is 11.8. The summed E-state index contributed by atoms with van der Waals surface area (Å²) in [5, 5.41) is 8.74. The fourth-order valence-electron chi connectivity index (χ4n) is 2.36. The summed E-state index contributed by atoms with van der Waals surface area (Å²) in [7, 11) is 1.95. The van der Waals surface area contributed by atoms with Crippen molar-refractivity contribution in [2.24, 2.45) is 7.05 Å². The summed E-state index contributed by atoms with van der Waals surface area (Å²) in [4.78, 5) is 0. The van der Waals surface area contributed by atoms with Crippen LogP contribution in [-0.2, 0) is 7.05 Å². The molecule has 0 bridgehead atoms. The van der Waals surface area contributed by atoms with Crippen LogP contribution in [0.15, 0.2) is 30.5 Å². The van der Waals surface area contributed by atoms with Crippen LogP contribution in [0.1, 0.15) is 42.8 Å². The Bertz CT molecular complexity index is 545. The minimum Gasteiger partial charge on any atom is -0.304 e. The number of rotatable bonds is 4. The summed E-state index contributed by atoms with van der Waals surface area (Å²) < 4.78 is 1.86. The summed E-state index contributed by atoms with van der Waals surface area (Å²) in [5.41, 5.74) is 3.55. The zero-order valence-corrected chi connectivity index (χ0v) is 12.6. The maximum absolute atomic E-state index is 5.91. The van der Waals surface area contributed by atoms with Crippen molar-refractivity contribution in [2.45, 2.75) is 32.9 Å². The van der Waals surface area contributed by atoms with Gasteiger partial charge in [0.15, 0.2) is 0 Å². The standard InChI is InChI=1S/C15H20ClN3/c1-10(13-5-7-14(16)8-6-13)17-11(2)15-9-19(4)18-12(15)3/h5-11,17H,1-4H3/t10-,11?/m1/s1. The molecule has 1 unspecified atom stereocenters. The van der Waals surface area contributed by atoms with E-state index in [4.69, 9.17) is 11.6 Å². The van der Waals surface area contributed by atoms with Crippen molar-refractivity contribution in [1.82, 2.24) is 15.1 Å². The Morgan fingerprint density at radius 1 is 1.16 bits per heavy atom. The van der Waals surface area contributed by atoms with Crippen molar-refractivity contribution in [3.8, 4) is 0 Å². The van der Waals surface area contributed by atoms with E-state index in [2.05, 4.69) is 42.6 Å². The Morgan fingerprint density at radius 3 is 2.32 bits per heavy atom. The molecule has 0 fully saturated rings. The van der Waals surface area contributed by atoms with E-state index in [1.807, 2.05) is 30.8 Å². The highest BCUT2D eigenvalue weighted by molar-refractivity contribution is 6.30. The number of aromatic nitrogens is 2. The lowest BCUT2D eigenvalue weighted by atomic mass is 10.1. The predicted octanol–water partition coefficient (Wildman–Crippen LogP) is 3.79. The van der Waals surface area contributed by atoms with Gasteiger partial charge in [-0.2, -0.15) is 5.10 Å². The van der Waals surface area contributed by atoms with Crippen LogP contribution in [0.25, 0.3) is 0 Å². The van der Waals surface area contributed by atoms with Crippen molar-refractivity contribution in [3.63, 3.8) is 0 Å². The first-order chi connectivity index (χ1) is 8.97. The topological polar surface area (TPSA) is 29.9 Å². The van der Waals surface area contributed by atoms with E-state index in [9.17, 15) is 0 Å². The van der Waals surface area contributed by atoms with E-state index in [1.165, 1.54) is 11.1 Å². The Labute approximate surface area is 119 Å². The minimum absolute atomic E-state index is 0.263. The van der Waals surface area contributed by atoms with Gasteiger partial charge < -0.3 is 5.32 Å². The molecule has 0 saturated heterocycles. The Hall–Kier alpha value is -1.32. The Morgan fingerprint density at radius 2 is 1.79 bits per heavy atom. The van der Waals surface area contributed by atoms with Crippen molar-refractivity contribution >= 4 is 11.6 Å². The van der Waals surface area contributed by atoms with Gasteiger partial charge >= 0.3 is 0 Å². The van der Waals surface area contributed by atoms with E-state index < -0.39 is 0 Å². The molecule has 0 amide bonds. The number of hydrogen-bond donors (Lipinski definition) is 1. The molecule has 1 heterocycles. The molecule has 0 aliphatic carbocycles. The maximum Gasteiger partial charge on any atom is 0.0641 e. The number of aryl methyl sites for hydroxylation is 2. The van der Waals surface area contributed by atoms with E-state index in [0.29, 0.717) is 0 Å². The Balaban J connectivity index is 2.08. The van der Waals surface area contributed by atoms with Gasteiger partial charge in [0.2, 0.25) is 0 Å². The maximum atomic E-state index is 5.91. The molecule has 2 aromatic rings. The third kappa shape index (κ3) is 3.37. The van der Waals surface area contributed by atoms with Crippen LogP contribution in [0.5, 0.6) is 0 Å². The molecule has 0 saturated carbocycles. The quantitative estimate of drug-likeness (QED) is 0.921. The van der Waals surface area contributed by atoms with Gasteiger partial charge in [0.1, 0.15) is 0 Å². The molecule has 102 valence electrons. The molecular formula is C15H20ClN3. The van der Waals surface area contributed by atoms with E-state index in [0.717, 1.165) is 10.7 Å². The molecular weight excluding hydrogens is 258 g/mol. The molecule has 2 atom stereocenters. The average molecular weight is 278 g/mol. The highest BCUT2D eigenvalue weighted by atomic mass is 35.5. The number of hydrogen-bond acceptors (Lipinski definition) is 2. The van der Waals surface area contributed by atoms with Crippen LogP contribution >= 0.6 is 11.6 Å². The number of halogens is 1. The van der Waals surface area contributed by atoms with Gasteiger partial charge in [-0.25, -0.2) is 0 Å². The zero-order chi connectivity index (χ0) is 14.0. The average Bonchev–Trinajstić information content (AvgIpc) is 2.69. The second-order valence-corrected chi connectivity index (χ2v) is 5.44. The normalized spacial score (nSPS) is 14.4. The molecule has 4 heteroatoms. The summed E-state index contributed by atoms with van der Waals surface area (Å²) in [6, 6.07) is 8.50. The fourth-order valence-corrected chi connectivity index (χ4v) is 2.48. The van der Waals surface area contributed by atoms with Crippen LogP contribution in [0.4, 0.5) is 0 Å². The lowest BCUT2D eigenvalue weighted by molar-refractivity contribution is 0.493. The first kappa shape index (κ1) is 14.1. The molecule has 0 aliphatic rings. The Kier molecular flexibility index (Phi) is 4.27. The fraction of sp³-hybridized carbons (Fsp3) is 0.400. The van der Waals surface area contributed by atoms with Crippen LogP contribution in [-0.4, -0.2) is 9.78 Å². The molecule has 2 rings (SSSR count). The molecule has 0 spiro atoms. The van der Waals surface area contributed by atoms with Gasteiger partial charge in [0.05, 0.1) is 5.69 Å². The predicted molar refractivity (Wildman–Crippen MR) is 79.4 cm³/mol. The van der Waals surface area contributed by atoms with Gasteiger partial charge in [-0.1, -0.05) is 23.7 Å². The number of nitrogens with one attached hydrogen (secondary N) is 1. The number of benzene rings is 1. The molecule has 0 aliphatic heterocycles. The highest BCUT2D eigenvalue weighted by Crippen LogP contribution is 2.22. The molecule has 0 radical (unpaired) electrons. The van der Waals surface area contributed by atoms with Gasteiger partial charge in [-0.15, -0.1) is 0 Å². The van der Waals surface area contributed by atoms with Crippen molar-refractivity contribution < 1.29 is 0 Å². The summed E-state index contributed by atoms with van der Waals surface area (Å²) in [6.45, 7) is 6.36. The summed E-state index contributed by atoms with van der Waals surface area (Å²) >= 11 is 5.91. The van der Waals surface area contributed by atoms with Crippen molar-refractivity contribution in [1.29, 1.82) is 0 Å². The van der Waals surface area contributed by atoms with Crippen molar-refractivity contribution in [2.75, 3.05) is 0 Å². The van der Waals surface area contributed by atoms with Gasteiger partial charge in [-0.3, -0.25) is 4.68 Å². The lowest BCUT2D eigenvalue weighted by Crippen LogP contribution is -2.22. The molecule has 1 aromatic carbocycles. The largest absolute Gasteiger partial charge is 0.304 e. The van der Waals surface area contributed by atoms with Crippen LogP contribution in [0, 0.1) is 6.92 Å². The van der Waals surface area contributed by atoms with Crippen LogP contribution in [0.2, 0.25) is 5.02 Å². The van der Waals surface area contributed by atoms with Crippen LogP contribution in [0.3, 0.4) is 0 Å². The third-order valence-corrected chi connectivity index (χ3v) is 3.64. The van der Waals surface area contributed by atoms with E-state index in [-0.39, 0.29) is 12.1 Å². The second kappa shape index (κ2) is 5.76. The number of nitrogens with zero attached hydrogens (tertiary/aromatic N) is 2. The molecule has 3 nitrogen and oxygen atoms in total. The summed E-state index contributed by atoms with van der Waals surface area (Å²) in [6.07, 6.45) is 2.07. The first-order valence-electron chi connectivity index (χ1n) is 6.49. The van der Waals surface area contributed by atoms with Crippen LogP contribution < -0.4 is 5.32 Å². The van der Waals surface area contributed by atoms with E-state index in [1.54, 1.807) is 0 Å². The van der Waals surface area contributed by atoms with Gasteiger partial charge in [-0.05, 0) is 38.5 Å². The van der Waals surface area contributed by atoms with E-state index >= 15 is 0 Å². The monoisotopic (exact) mass is 277 g/mol. The smallest absolute Gasteiger partial charge is 0.0641 e. The minimum atomic E-state index is 0.263.